The van der Waals surface area contributed by atoms with E-state index in [-0.39, 0.29) is 124 Å². The molecule has 0 saturated carbocycles. The molecule has 5 N–H and O–H groups in total. The molecule has 11 nitrogen and oxygen atoms in total. The first-order valence-corrected chi connectivity index (χ1v) is 5.04. The van der Waals surface area contributed by atoms with Crippen molar-refractivity contribution in [3.8, 4) is 0 Å². The van der Waals surface area contributed by atoms with Crippen molar-refractivity contribution in [1.82, 2.24) is 0 Å². The Balaban J connectivity index is -0.000000333. The number of hydrogen-bond donors (Lipinski definition) is 5. The number of hydrogen-bond acceptors (Lipinski definition) is 6. The summed E-state index contributed by atoms with van der Waals surface area (Å²) >= 11 is 0. The molecule has 0 bridgehead atoms. The minimum absolute atomic E-state index is 0. The number of carboxylic acids is 5. The third kappa shape index (κ3) is 14.6. The zero-order valence-electron chi connectivity index (χ0n) is 10.2. The van der Waals surface area contributed by atoms with Gasteiger partial charge >= 0.3 is 148 Å². The van der Waals surface area contributed by atoms with E-state index in [0.29, 0.717) is 0 Å². The molecule has 0 aromatic carbocycles. The Morgan fingerprint density at radius 2 is 1.12 bits per heavy atom. The standard InChI is InChI=1S/C10H10O11.4Na.4H/c11-5(12)1-4(8(17)18)21-10(9(19)20,2-6(13)14)3-7(15)16;;;;;;;;/h1H,2-3H2,(H,11,12)(H,13,14)(H,15,16)(H,17,18)(H,19,20);;;;;;;;/b4-1-;;;;;;;;. The second-order valence-corrected chi connectivity index (χ2v) is 3.69. The Hall–Kier alpha value is 0.890. The summed E-state index contributed by atoms with van der Waals surface area (Å²) in [5.41, 5.74) is -2.96. The van der Waals surface area contributed by atoms with E-state index in [0.717, 1.165) is 0 Å². The average Bonchev–Trinajstić information content (AvgIpc) is 2.24. The molecule has 0 fully saturated rings. The normalized spacial score (nSPS) is 9.68. The van der Waals surface area contributed by atoms with E-state index < -0.39 is 54.0 Å². The summed E-state index contributed by atoms with van der Waals surface area (Å²) < 4.78 is 4.41. The summed E-state index contributed by atoms with van der Waals surface area (Å²) in [6.45, 7) is 0. The topological polar surface area (TPSA) is 196 Å². The summed E-state index contributed by atoms with van der Waals surface area (Å²) in [5.74, 6) is -10.8. The van der Waals surface area contributed by atoms with Gasteiger partial charge in [0, 0.05) is 0 Å². The van der Waals surface area contributed by atoms with Crippen molar-refractivity contribution < 1.29 is 54.2 Å². The molecule has 0 aliphatic rings. The van der Waals surface area contributed by atoms with Crippen LogP contribution in [0.5, 0.6) is 0 Å². The van der Waals surface area contributed by atoms with Crippen LogP contribution in [-0.4, -0.2) is 179 Å². The second-order valence-electron chi connectivity index (χ2n) is 3.69. The molecule has 124 valence electrons. The van der Waals surface area contributed by atoms with Gasteiger partial charge < -0.3 is 30.3 Å². The van der Waals surface area contributed by atoms with E-state index in [1.54, 1.807) is 0 Å². The van der Waals surface area contributed by atoms with Crippen LogP contribution >= 0.6 is 0 Å². The van der Waals surface area contributed by atoms with Crippen LogP contribution in [0, 0.1) is 0 Å². The monoisotopic (exact) mass is 402 g/mol. The van der Waals surface area contributed by atoms with E-state index in [9.17, 15) is 24.0 Å². The van der Waals surface area contributed by atoms with Gasteiger partial charge in [0.1, 0.15) is 0 Å². The SMILES string of the molecule is O=C(O)/C=C(\OC(CC(=O)O)(CC(=O)O)C(=O)O)C(=O)O.[NaH].[NaH].[NaH].[NaH]. The van der Waals surface area contributed by atoms with Crippen LogP contribution in [0.2, 0.25) is 0 Å². The molecule has 0 radical (unpaired) electrons. The molecule has 0 aliphatic carbocycles. The minimum atomic E-state index is -2.96. The van der Waals surface area contributed by atoms with Crippen LogP contribution in [0.4, 0.5) is 0 Å². The van der Waals surface area contributed by atoms with Crippen molar-refractivity contribution in [2.75, 3.05) is 0 Å². The van der Waals surface area contributed by atoms with Gasteiger partial charge in [-0.2, -0.15) is 0 Å². The summed E-state index contributed by atoms with van der Waals surface area (Å²) in [4.78, 5) is 53.6. The van der Waals surface area contributed by atoms with Crippen molar-refractivity contribution >= 4 is 148 Å². The van der Waals surface area contributed by atoms with Crippen LogP contribution in [0.1, 0.15) is 12.8 Å². The first-order chi connectivity index (χ1) is 9.50. The summed E-state index contributed by atoms with van der Waals surface area (Å²) in [7, 11) is 0. The number of rotatable bonds is 9. The zero-order chi connectivity index (χ0) is 16.8. The van der Waals surface area contributed by atoms with Gasteiger partial charge in [0.05, 0.1) is 18.9 Å². The van der Waals surface area contributed by atoms with Crippen molar-refractivity contribution in [3.05, 3.63) is 11.8 Å². The van der Waals surface area contributed by atoms with Gasteiger partial charge in [-0.15, -0.1) is 0 Å². The molecule has 0 atom stereocenters. The van der Waals surface area contributed by atoms with Gasteiger partial charge in [-0.3, -0.25) is 9.59 Å². The predicted molar refractivity (Wildman–Crippen MR) is 87.9 cm³/mol. The Bertz CT molecular complexity index is 515. The maximum atomic E-state index is 11.1. The molecule has 0 aliphatic heterocycles. The van der Waals surface area contributed by atoms with E-state index in [2.05, 4.69) is 4.74 Å². The van der Waals surface area contributed by atoms with Crippen LogP contribution in [0.3, 0.4) is 0 Å². The summed E-state index contributed by atoms with van der Waals surface area (Å²) in [5, 5.41) is 43.3. The third-order valence-corrected chi connectivity index (χ3v) is 2.03. The number of aliphatic carboxylic acids is 5. The molecule has 25 heavy (non-hydrogen) atoms. The molecular weight excluding hydrogens is 388 g/mol. The van der Waals surface area contributed by atoms with E-state index in [1.807, 2.05) is 0 Å². The van der Waals surface area contributed by atoms with Crippen LogP contribution in [0.15, 0.2) is 11.8 Å². The Morgan fingerprint density at radius 3 is 1.32 bits per heavy atom. The maximum absolute atomic E-state index is 11.1. The average molecular weight is 402 g/mol. The predicted octanol–water partition coefficient (Wildman–Crippen LogP) is -3.77. The molecule has 0 rings (SSSR count). The third-order valence-electron chi connectivity index (χ3n) is 2.03. The molecule has 15 heteroatoms. The van der Waals surface area contributed by atoms with Gasteiger partial charge in [-0.25, -0.2) is 14.4 Å². The first kappa shape index (κ1) is 36.8. The molecule has 0 aromatic rings. The van der Waals surface area contributed by atoms with Crippen molar-refractivity contribution in [1.29, 1.82) is 0 Å². The summed E-state index contributed by atoms with van der Waals surface area (Å²) in [6.07, 6.45) is -2.80. The zero-order valence-corrected chi connectivity index (χ0v) is 10.2. The van der Waals surface area contributed by atoms with Crippen molar-refractivity contribution in [2.24, 2.45) is 0 Å². The quantitative estimate of drug-likeness (QED) is 0.144. The van der Waals surface area contributed by atoms with Gasteiger partial charge in [-0.05, 0) is 0 Å². The fraction of sp³-hybridized carbons (Fsp3) is 0.300. The van der Waals surface area contributed by atoms with Crippen LogP contribution in [0.25, 0.3) is 0 Å². The van der Waals surface area contributed by atoms with Gasteiger partial charge in [0.25, 0.3) is 0 Å². The Labute approximate surface area is 229 Å². The molecular formula is C10H14Na4O11. The van der Waals surface area contributed by atoms with Gasteiger partial charge in [0.2, 0.25) is 11.4 Å². The van der Waals surface area contributed by atoms with E-state index in [4.69, 9.17) is 25.5 Å². The van der Waals surface area contributed by atoms with Crippen molar-refractivity contribution in [2.45, 2.75) is 18.4 Å². The second kappa shape index (κ2) is 17.0. The van der Waals surface area contributed by atoms with E-state index >= 15 is 0 Å². The number of carboxylic acid groups (broad SMARTS) is 5. The van der Waals surface area contributed by atoms with Gasteiger partial charge in [0.15, 0.2) is 0 Å². The molecule has 0 unspecified atom stereocenters. The molecule has 0 amide bonds. The van der Waals surface area contributed by atoms with Crippen molar-refractivity contribution in [3.63, 3.8) is 0 Å². The fourth-order valence-electron chi connectivity index (χ4n) is 1.28. The number of ether oxygens (including phenoxy) is 1. The van der Waals surface area contributed by atoms with Crippen LogP contribution < -0.4 is 0 Å². The molecule has 0 heterocycles. The fourth-order valence-corrected chi connectivity index (χ4v) is 1.28. The van der Waals surface area contributed by atoms with Gasteiger partial charge in [-0.1, -0.05) is 0 Å². The summed E-state index contributed by atoms with van der Waals surface area (Å²) in [6, 6.07) is 0. The van der Waals surface area contributed by atoms with E-state index in [1.165, 1.54) is 0 Å². The van der Waals surface area contributed by atoms with Crippen LogP contribution in [-0.2, 0) is 28.7 Å². The first-order valence-electron chi connectivity index (χ1n) is 5.04. The molecule has 0 saturated heterocycles. The molecule has 0 aromatic heterocycles. The Kier molecular flexibility index (Phi) is 25.0. The molecule has 0 spiro atoms. The number of carbonyl (C=O) groups is 5. The Morgan fingerprint density at radius 1 is 0.760 bits per heavy atom.